The standard InChI is InChI=1S/C18H16N6O2/c1-2-24(18(26)16-12-20-7-9-22-16)14-5-3-4-13(10-14)23-17(25)15-11-19-6-8-21-15/h3-12H,2H2,1H3,(H,23,25). The minimum absolute atomic E-state index is 0.209. The van der Waals surface area contributed by atoms with Crippen LogP contribution in [0, 0.1) is 0 Å². The Kier molecular flexibility index (Phi) is 5.23. The molecular formula is C18H16N6O2. The maximum Gasteiger partial charge on any atom is 0.278 e. The van der Waals surface area contributed by atoms with Crippen molar-refractivity contribution in [2.45, 2.75) is 6.92 Å². The molecule has 0 saturated carbocycles. The van der Waals surface area contributed by atoms with E-state index >= 15 is 0 Å². The molecule has 130 valence electrons. The molecule has 0 aliphatic carbocycles. The SMILES string of the molecule is CCN(C(=O)c1cnccn1)c1cccc(NC(=O)c2cnccn2)c1. The monoisotopic (exact) mass is 348 g/mol. The van der Waals surface area contributed by atoms with Gasteiger partial charge in [-0.05, 0) is 25.1 Å². The van der Waals surface area contributed by atoms with E-state index in [0.29, 0.717) is 17.9 Å². The van der Waals surface area contributed by atoms with Gasteiger partial charge in [0.2, 0.25) is 0 Å². The largest absolute Gasteiger partial charge is 0.321 e. The summed E-state index contributed by atoms with van der Waals surface area (Å²) in [6.45, 7) is 2.30. The quantitative estimate of drug-likeness (QED) is 0.758. The van der Waals surface area contributed by atoms with Crippen molar-refractivity contribution in [2.75, 3.05) is 16.8 Å². The van der Waals surface area contributed by atoms with Crippen molar-refractivity contribution in [1.82, 2.24) is 19.9 Å². The lowest BCUT2D eigenvalue weighted by atomic mass is 10.2. The molecule has 0 spiro atoms. The molecule has 0 unspecified atom stereocenters. The summed E-state index contributed by atoms with van der Waals surface area (Å²) in [5.74, 6) is -0.642. The Bertz CT molecular complexity index is 902. The van der Waals surface area contributed by atoms with Crippen molar-refractivity contribution >= 4 is 23.2 Å². The summed E-state index contributed by atoms with van der Waals surface area (Å²) >= 11 is 0. The van der Waals surface area contributed by atoms with E-state index in [4.69, 9.17) is 0 Å². The predicted molar refractivity (Wildman–Crippen MR) is 95.8 cm³/mol. The first-order valence-electron chi connectivity index (χ1n) is 7.94. The molecule has 1 N–H and O–H groups in total. The second-order valence-corrected chi connectivity index (χ2v) is 5.24. The van der Waals surface area contributed by atoms with Crippen LogP contribution in [0.5, 0.6) is 0 Å². The number of nitrogens with zero attached hydrogens (tertiary/aromatic N) is 5. The van der Waals surface area contributed by atoms with Crippen LogP contribution in [-0.4, -0.2) is 38.3 Å². The summed E-state index contributed by atoms with van der Waals surface area (Å²) in [6.07, 6.45) is 8.73. The van der Waals surface area contributed by atoms with E-state index < -0.39 is 0 Å². The fraction of sp³-hybridized carbons (Fsp3) is 0.111. The zero-order valence-electron chi connectivity index (χ0n) is 14.0. The predicted octanol–water partition coefficient (Wildman–Crippen LogP) is 2.19. The van der Waals surface area contributed by atoms with Gasteiger partial charge >= 0.3 is 0 Å². The highest BCUT2D eigenvalue weighted by atomic mass is 16.2. The number of anilines is 2. The second-order valence-electron chi connectivity index (χ2n) is 5.24. The topological polar surface area (TPSA) is 101 Å². The van der Waals surface area contributed by atoms with Crippen LogP contribution >= 0.6 is 0 Å². The molecule has 0 fully saturated rings. The fourth-order valence-corrected chi connectivity index (χ4v) is 2.35. The molecule has 2 amide bonds. The molecular weight excluding hydrogens is 332 g/mol. The molecule has 8 nitrogen and oxygen atoms in total. The Balaban J connectivity index is 1.81. The van der Waals surface area contributed by atoms with Crippen LogP contribution in [0.2, 0.25) is 0 Å². The molecule has 0 aliphatic rings. The van der Waals surface area contributed by atoms with Gasteiger partial charge in [0, 0.05) is 42.7 Å². The van der Waals surface area contributed by atoms with Gasteiger partial charge in [-0.2, -0.15) is 0 Å². The molecule has 2 aromatic heterocycles. The zero-order valence-corrected chi connectivity index (χ0v) is 14.0. The number of carbonyl (C=O) groups is 2. The minimum Gasteiger partial charge on any atom is -0.321 e. The van der Waals surface area contributed by atoms with E-state index in [2.05, 4.69) is 25.3 Å². The molecule has 0 bridgehead atoms. The lowest BCUT2D eigenvalue weighted by molar-refractivity contribution is 0.0982. The van der Waals surface area contributed by atoms with Crippen LogP contribution in [0.25, 0.3) is 0 Å². The van der Waals surface area contributed by atoms with Crippen molar-refractivity contribution in [3.05, 3.63) is 72.8 Å². The molecule has 26 heavy (non-hydrogen) atoms. The van der Waals surface area contributed by atoms with Crippen LogP contribution in [0.4, 0.5) is 11.4 Å². The Hall–Kier alpha value is -3.68. The molecule has 0 atom stereocenters. The smallest absolute Gasteiger partial charge is 0.278 e. The van der Waals surface area contributed by atoms with Crippen molar-refractivity contribution in [2.24, 2.45) is 0 Å². The summed E-state index contributed by atoms with van der Waals surface area (Å²) in [5.41, 5.74) is 1.65. The fourth-order valence-electron chi connectivity index (χ4n) is 2.35. The third-order valence-corrected chi connectivity index (χ3v) is 3.56. The van der Waals surface area contributed by atoms with Gasteiger partial charge in [-0.3, -0.25) is 19.6 Å². The summed E-state index contributed by atoms with van der Waals surface area (Å²) < 4.78 is 0. The van der Waals surface area contributed by atoms with Crippen LogP contribution < -0.4 is 10.2 Å². The van der Waals surface area contributed by atoms with Gasteiger partial charge < -0.3 is 10.2 Å². The van der Waals surface area contributed by atoms with Gasteiger partial charge in [-0.1, -0.05) is 6.07 Å². The van der Waals surface area contributed by atoms with Crippen LogP contribution in [-0.2, 0) is 0 Å². The van der Waals surface area contributed by atoms with Crippen LogP contribution in [0.1, 0.15) is 27.9 Å². The molecule has 1 aromatic carbocycles. The number of hydrogen-bond donors (Lipinski definition) is 1. The number of amides is 2. The second kappa shape index (κ2) is 7.93. The van der Waals surface area contributed by atoms with E-state index in [9.17, 15) is 9.59 Å². The number of aromatic nitrogens is 4. The van der Waals surface area contributed by atoms with E-state index in [1.807, 2.05) is 6.92 Å². The Morgan fingerprint density at radius 3 is 2.31 bits per heavy atom. The molecule has 8 heteroatoms. The number of carbonyl (C=O) groups excluding carboxylic acids is 2. The number of rotatable bonds is 5. The first kappa shape index (κ1) is 17.2. The minimum atomic E-state index is -0.376. The Labute approximate surface area is 150 Å². The molecule has 0 saturated heterocycles. The highest BCUT2D eigenvalue weighted by Gasteiger charge is 2.18. The van der Waals surface area contributed by atoms with Crippen molar-refractivity contribution in [1.29, 1.82) is 0 Å². The first-order valence-corrected chi connectivity index (χ1v) is 7.94. The van der Waals surface area contributed by atoms with Crippen molar-refractivity contribution in [3.8, 4) is 0 Å². The third kappa shape index (κ3) is 3.86. The molecule has 3 aromatic rings. The summed E-state index contributed by atoms with van der Waals surface area (Å²) in [5, 5.41) is 2.75. The van der Waals surface area contributed by atoms with Gasteiger partial charge in [0.15, 0.2) is 0 Å². The zero-order chi connectivity index (χ0) is 18.4. The van der Waals surface area contributed by atoms with Crippen molar-refractivity contribution < 1.29 is 9.59 Å². The Morgan fingerprint density at radius 1 is 1.00 bits per heavy atom. The lowest BCUT2D eigenvalue weighted by Gasteiger charge is -2.21. The molecule has 0 radical (unpaired) electrons. The summed E-state index contributed by atoms with van der Waals surface area (Å²) in [7, 11) is 0. The summed E-state index contributed by atoms with van der Waals surface area (Å²) in [6, 6.07) is 6.99. The first-order chi connectivity index (χ1) is 12.7. The van der Waals surface area contributed by atoms with E-state index in [1.165, 1.54) is 37.2 Å². The van der Waals surface area contributed by atoms with Gasteiger partial charge in [0.1, 0.15) is 11.4 Å². The summed E-state index contributed by atoms with van der Waals surface area (Å²) in [4.78, 5) is 42.2. The average Bonchev–Trinajstić information content (AvgIpc) is 2.70. The van der Waals surface area contributed by atoms with Gasteiger partial charge in [0.25, 0.3) is 11.8 Å². The van der Waals surface area contributed by atoms with Crippen LogP contribution in [0.3, 0.4) is 0 Å². The lowest BCUT2D eigenvalue weighted by Crippen LogP contribution is -2.31. The van der Waals surface area contributed by atoms with Gasteiger partial charge in [0.05, 0.1) is 12.4 Å². The average molecular weight is 348 g/mol. The van der Waals surface area contributed by atoms with E-state index in [0.717, 1.165) is 0 Å². The number of nitrogens with one attached hydrogen (secondary N) is 1. The molecule has 3 rings (SSSR count). The van der Waals surface area contributed by atoms with E-state index in [1.54, 1.807) is 29.2 Å². The Morgan fingerprint density at radius 2 is 1.69 bits per heavy atom. The highest BCUT2D eigenvalue weighted by Crippen LogP contribution is 2.21. The van der Waals surface area contributed by atoms with Gasteiger partial charge in [-0.15, -0.1) is 0 Å². The number of benzene rings is 1. The molecule has 0 aliphatic heterocycles. The normalized spacial score (nSPS) is 10.2. The van der Waals surface area contributed by atoms with E-state index in [-0.39, 0.29) is 23.2 Å². The molecule has 2 heterocycles. The van der Waals surface area contributed by atoms with Crippen molar-refractivity contribution in [3.63, 3.8) is 0 Å². The number of hydrogen-bond acceptors (Lipinski definition) is 6. The maximum atomic E-state index is 12.6. The highest BCUT2D eigenvalue weighted by molar-refractivity contribution is 6.06. The maximum absolute atomic E-state index is 12.6. The third-order valence-electron chi connectivity index (χ3n) is 3.56. The van der Waals surface area contributed by atoms with Crippen LogP contribution in [0.15, 0.2) is 61.4 Å². The van der Waals surface area contributed by atoms with Gasteiger partial charge in [-0.25, -0.2) is 9.97 Å².